The molecule has 5 nitrogen and oxygen atoms in total. The number of fused-ring (bicyclic) bond motifs is 1. The third-order valence-electron chi connectivity index (χ3n) is 5.66. The van der Waals surface area contributed by atoms with Crippen LogP contribution in [-0.2, 0) is 22.4 Å². The van der Waals surface area contributed by atoms with Gasteiger partial charge < -0.3 is 14.8 Å². The highest BCUT2D eigenvalue weighted by molar-refractivity contribution is 6.30. The standard InChI is InChI=1S/C22H21ClFN3O2/c1-26-19(9-13-4-3-5-15(23)8-13)21(28)27(2)20(22(26)29)10-14-12-25-18-7-6-16(24)11-17(14)18/h3-8,11-12,19-20,25H,9-10H2,1-2H3/t19-,20-/m0/s1. The molecule has 0 bridgehead atoms. The average molecular weight is 414 g/mol. The maximum Gasteiger partial charge on any atom is 0.246 e. The topological polar surface area (TPSA) is 56.4 Å². The fourth-order valence-electron chi connectivity index (χ4n) is 3.97. The van der Waals surface area contributed by atoms with Crippen molar-refractivity contribution in [3.63, 3.8) is 0 Å². The van der Waals surface area contributed by atoms with Crippen LogP contribution in [0.25, 0.3) is 10.9 Å². The number of H-pyrrole nitrogens is 1. The summed E-state index contributed by atoms with van der Waals surface area (Å²) in [6, 6.07) is 10.6. The molecule has 1 aliphatic heterocycles. The Balaban J connectivity index is 1.58. The van der Waals surface area contributed by atoms with E-state index < -0.39 is 12.1 Å². The predicted molar refractivity (Wildman–Crippen MR) is 110 cm³/mol. The van der Waals surface area contributed by atoms with E-state index in [0.717, 1.165) is 22.0 Å². The van der Waals surface area contributed by atoms with Crippen molar-refractivity contribution in [2.45, 2.75) is 24.9 Å². The quantitative estimate of drug-likeness (QED) is 0.712. The number of carbonyl (C=O) groups is 2. The Hall–Kier alpha value is -2.86. The minimum atomic E-state index is -0.634. The Labute approximate surface area is 173 Å². The zero-order valence-electron chi connectivity index (χ0n) is 16.2. The van der Waals surface area contributed by atoms with Crippen molar-refractivity contribution in [2.75, 3.05) is 14.1 Å². The van der Waals surface area contributed by atoms with Crippen molar-refractivity contribution in [3.05, 3.63) is 70.6 Å². The smallest absolute Gasteiger partial charge is 0.246 e. The van der Waals surface area contributed by atoms with Gasteiger partial charge in [-0.25, -0.2) is 4.39 Å². The molecule has 0 unspecified atom stereocenters. The number of aromatic amines is 1. The molecule has 2 aromatic carbocycles. The van der Waals surface area contributed by atoms with E-state index >= 15 is 0 Å². The molecule has 0 saturated carbocycles. The summed E-state index contributed by atoms with van der Waals surface area (Å²) in [6.07, 6.45) is 2.49. The first-order chi connectivity index (χ1) is 13.8. The molecular formula is C22H21ClFN3O2. The lowest BCUT2D eigenvalue weighted by Crippen LogP contribution is -2.63. The Morgan fingerprint density at radius 2 is 1.69 bits per heavy atom. The van der Waals surface area contributed by atoms with Gasteiger partial charge in [-0.1, -0.05) is 23.7 Å². The van der Waals surface area contributed by atoms with E-state index in [9.17, 15) is 14.0 Å². The Kier molecular flexibility index (Phi) is 5.04. The molecule has 1 aromatic heterocycles. The lowest BCUT2D eigenvalue weighted by molar-refractivity contribution is -0.158. The lowest BCUT2D eigenvalue weighted by atomic mass is 9.95. The molecule has 1 aliphatic rings. The van der Waals surface area contributed by atoms with Crippen LogP contribution >= 0.6 is 11.6 Å². The van der Waals surface area contributed by atoms with Gasteiger partial charge in [-0.15, -0.1) is 0 Å². The lowest BCUT2D eigenvalue weighted by Gasteiger charge is -2.42. The van der Waals surface area contributed by atoms with E-state index in [-0.39, 0.29) is 17.6 Å². The van der Waals surface area contributed by atoms with Gasteiger partial charge in [0.25, 0.3) is 0 Å². The summed E-state index contributed by atoms with van der Waals surface area (Å²) >= 11 is 6.05. The van der Waals surface area contributed by atoms with Crippen LogP contribution in [0.4, 0.5) is 4.39 Å². The molecule has 3 aromatic rings. The fraction of sp³-hybridized carbons (Fsp3) is 0.273. The Morgan fingerprint density at radius 3 is 2.38 bits per heavy atom. The van der Waals surface area contributed by atoms with Crippen molar-refractivity contribution in [3.8, 4) is 0 Å². The first-order valence-electron chi connectivity index (χ1n) is 9.38. The van der Waals surface area contributed by atoms with Crippen LogP contribution in [0.2, 0.25) is 5.02 Å². The van der Waals surface area contributed by atoms with Crippen molar-refractivity contribution < 1.29 is 14.0 Å². The van der Waals surface area contributed by atoms with Crippen LogP contribution in [0.5, 0.6) is 0 Å². The molecule has 2 heterocycles. The zero-order valence-corrected chi connectivity index (χ0v) is 16.9. The first kappa shape index (κ1) is 19.5. The molecule has 1 N–H and O–H groups in total. The van der Waals surface area contributed by atoms with Crippen molar-refractivity contribution in [2.24, 2.45) is 0 Å². The minimum absolute atomic E-state index is 0.122. The summed E-state index contributed by atoms with van der Waals surface area (Å²) in [7, 11) is 3.31. The van der Waals surface area contributed by atoms with Crippen molar-refractivity contribution >= 4 is 34.3 Å². The van der Waals surface area contributed by atoms with Gasteiger partial charge in [-0.3, -0.25) is 9.59 Å². The van der Waals surface area contributed by atoms with Crippen LogP contribution in [0, 0.1) is 5.82 Å². The second-order valence-electron chi connectivity index (χ2n) is 7.47. The number of amides is 2. The summed E-state index contributed by atoms with van der Waals surface area (Å²) in [5.74, 6) is -0.593. The number of likely N-dealkylation sites (N-methyl/N-ethyl adjacent to an activating group) is 2. The number of aromatic nitrogens is 1. The normalized spacial score (nSPS) is 20.0. The molecule has 2 amide bonds. The number of hydrogen-bond acceptors (Lipinski definition) is 2. The number of benzene rings is 2. The molecule has 150 valence electrons. The fourth-order valence-corrected chi connectivity index (χ4v) is 4.19. The van der Waals surface area contributed by atoms with Gasteiger partial charge in [-0.05, 0) is 41.5 Å². The molecule has 0 spiro atoms. The summed E-state index contributed by atoms with van der Waals surface area (Å²) < 4.78 is 13.7. The number of nitrogens with one attached hydrogen (secondary N) is 1. The third-order valence-corrected chi connectivity index (χ3v) is 5.90. The van der Waals surface area contributed by atoms with Gasteiger partial charge in [0.05, 0.1) is 0 Å². The highest BCUT2D eigenvalue weighted by Crippen LogP contribution is 2.26. The molecule has 1 fully saturated rings. The van der Waals surface area contributed by atoms with Gasteiger partial charge in [0.15, 0.2) is 0 Å². The zero-order chi connectivity index (χ0) is 20.7. The maximum absolute atomic E-state index is 13.7. The molecule has 7 heteroatoms. The summed E-state index contributed by atoms with van der Waals surface area (Å²) in [4.78, 5) is 32.3. The second kappa shape index (κ2) is 7.52. The van der Waals surface area contributed by atoms with E-state index in [1.807, 2.05) is 12.1 Å². The van der Waals surface area contributed by atoms with E-state index in [2.05, 4.69) is 4.98 Å². The number of carbonyl (C=O) groups excluding carboxylic acids is 2. The average Bonchev–Trinajstić information content (AvgIpc) is 3.09. The van der Waals surface area contributed by atoms with Gasteiger partial charge >= 0.3 is 0 Å². The number of hydrogen-bond donors (Lipinski definition) is 1. The highest BCUT2D eigenvalue weighted by atomic mass is 35.5. The number of halogens is 2. The molecule has 29 heavy (non-hydrogen) atoms. The minimum Gasteiger partial charge on any atom is -0.361 e. The molecular weight excluding hydrogens is 393 g/mol. The molecule has 0 aliphatic carbocycles. The molecule has 0 radical (unpaired) electrons. The Morgan fingerprint density at radius 1 is 1.00 bits per heavy atom. The predicted octanol–water partition coefficient (Wildman–Crippen LogP) is 3.41. The van der Waals surface area contributed by atoms with E-state index in [1.54, 1.807) is 38.5 Å². The van der Waals surface area contributed by atoms with Gasteiger partial charge in [0.1, 0.15) is 17.9 Å². The van der Waals surface area contributed by atoms with Crippen LogP contribution in [0.15, 0.2) is 48.7 Å². The van der Waals surface area contributed by atoms with Gasteiger partial charge in [-0.2, -0.15) is 0 Å². The molecule has 4 rings (SSSR count). The van der Waals surface area contributed by atoms with Crippen LogP contribution in [-0.4, -0.2) is 52.8 Å². The largest absolute Gasteiger partial charge is 0.361 e. The Bertz CT molecular complexity index is 1100. The summed E-state index contributed by atoms with van der Waals surface area (Å²) in [6.45, 7) is 0. The van der Waals surface area contributed by atoms with Crippen molar-refractivity contribution in [1.82, 2.24) is 14.8 Å². The summed E-state index contributed by atoms with van der Waals surface area (Å²) in [5, 5.41) is 1.32. The SMILES string of the molecule is CN1C(=O)[C@H](Cc2c[nH]c3ccc(F)cc23)N(C)C(=O)[C@@H]1Cc1cccc(Cl)c1. The van der Waals surface area contributed by atoms with Gasteiger partial charge in [0.2, 0.25) is 11.8 Å². The van der Waals surface area contributed by atoms with Crippen molar-refractivity contribution in [1.29, 1.82) is 0 Å². The van der Waals surface area contributed by atoms with E-state index in [1.165, 1.54) is 21.9 Å². The van der Waals surface area contributed by atoms with Crippen LogP contribution in [0.1, 0.15) is 11.1 Å². The third kappa shape index (κ3) is 3.60. The maximum atomic E-state index is 13.7. The number of piperazine rings is 1. The first-order valence-corrected chi connectivity index (χ1v) is 9.76. The number of rotatable bonds is 4. The second-order valence-corrected chi connectivity index (χ2v) is 7.91. The summed E-state index contributed by atoms with van der Waals surface area (Å²) in [5.41, 5.74) is 2.50. The number of nitrogens with zero attached hydrogens (tertiary/aromatic N) is 2. The van der Waals surface area contributed by atoms with Crippen LogP contribution < -0.4 is 0 Å². The monoisotopic (exact) mass is 413 g/mol. The molecule has 1 saturated heterocycles. The highest BCUT2D eigenvalue weighted by Gasteiger charge is 2.42. The van der Waals surface area contributed by atoms with Crippen LogP contribution in [0.3, 0.4) is 0 Å². The molecule has 2 atom stereocenters. The van der Waals surface area contributed by atoms with E-state index in [0.29, 0.717) is 17.9 Å². The van der Waals surface area contributed by atoms with Gasteiger partial charge in [0, 0.05) is 49.1 Å². The van der Waals surface area contributed by atoms with E-state index in [4.69, 9.17) is 11.6 Å².